The molecule has 0 aliphatic carbocycles. The number of rotatable bonds is 3. The molecule has 1 N–H and O–H groups in total. The number of halogens is 2. The fraction of sp³-hybridized carbons (Fsp3) is 0.0909. The zero-order valence-corrected chi connectivity index (χ0v) is 11.3. The van der Waals surface area contributed by atoms with Gasteiger partial charge < -0.3 is 0 Å². The van der Waals surface area contributed by atoms with E-state index >= 15 is 0 Å². The average Bonchev–Trinajstić information content (AvgIpc) is 2.69. The molecule has 0 aliphatic rings. The normalized spacial score (nSPS) is 11.0. The van der Waals surface area contributed by atoms with Crippen molar-refractivity contribution in [2.75, 3.05) is 5.43 Å². The Kier molecular flexibility index (Phi) is 3.99. The number of aryl methyl sites for hydroxylation is 1. The molecule has 0 fully saturated rings. The Balaban J connectivity index is 2.07. The molecule has 0 aliphatic heterocycles. The molecule has 1 aromatic carbocycles. The second-order valence-electron chi connectivity index (χ2n) is 3.33. The van der Waals surface area contributed by atoms with E-state index in [0.29, 0.717) is 10.0 Å². The third kappa shape index (κ3) is 3.43. The SMILES string of the molecule is Cc1csc(N/N=C/c2cc(Cl)ccc2Cl)n1. The van der Waals surface area contributed by atoms with E-state index in [9.17, 15) is 0 Å². The number of hydrogen-bond acceptors (Lipinski definition) is 4. The third-order valence-electron chi connectivity index (χ3n) is 1.94. The topological polar surface area (TPSA) is 37.3 Å². The molecule has 3 nitrogen and oxygen atoms in total. The zero-order valence-electron chi connectivity index (χ0n) is 8.95. The first-order valence-corrected chi connectivity index (χ1v) is 6.45. The number of anilines is 1. The van der Waals surface area contributed by atoms with E-state index < -0.39 is 0 Å². The predicted octanol–water partition coefficient (Wildman–Crippen LogP) is 4.20. The number of thiazole rings is 1. The van der Waals surface area contributed by atoms with Gasteiger partial charge in [0.15, 0.2) is 0 Å². The molecule has 0 spiro atoms. The molecule has 0 amide bonds. The van der Waals surface area contributed by atoms with Crippen molar-refractivity contribution in [3.63, 3.8) is 0 Å². The van der Waals surface area contributed by atoms with Gasteiger partial charge in [0.2, 0.25) is 5.13 Å². The Labute approximate surface area is 113 Å². The van der Waals surface area contributed by atoms with Crippen molar-refractivity contribution in [2.45, 2.75) is 6.92 Å². The van der Waals surface area contributed by atoms with Gasteiger partial charge in [0.1, 0.15) is 0 Å². The van der Waals surface area contributed by atoms with Crippen molar-refractivity contribution in [3.8, 4) is 0 Å². The van der Waals surface area contributed by atoms with E-state index in [0.717, 1.165) is 16.4 Å². The molecular weight excluding hydrogens is 277 g/mol. The third-order valence-corrected chi connectivity index (χ3v) is 3.38. The first-order valence-electron chi connectivity index (χ1n) is 4.81. The van der Waals surface area contributed by atoms with Crippen molar-refractivity contribution in [3.05, 3.63) is 44.9 Å². The van der Waals surface area contributed by atoms with Crippen LogP contribution in [0.1, 0.15) is 11.3 Å². The minimum Gasteiger partial charge on any atom is -0.253 e. The van der Waals surface area contributed by atoms with Gasteiger partial charge in [-0.15, -0.1) is 11.3 Å². The lowest BCUT2D eigenvalue weighted by Crippen LogP contribution is -1.90. The molecule has 0 unspecified atom stereocenters. The van der Waals surface area contributed by atoms with Crippen molar-refractivity contribution in [1.82, 2.24) is 4.98 Å². The van der Waals surface area contributed by atoms with Crippen molar-refractivity contribution < 1.29 is 0 Å². The van der Waals surface area contributed by atoms with Gasteiger partial charge in [0.05, 0.1) is 11.9 Å². The summed E-state index contributed by atoms with van der Waals surface area (Å²) in [5, 5.41) is 7.99. The van der Waals surface area contributed by atoms with Crippen LogP contribution in [0.5, 0.6) is 0 Å². The Morgan fingerprint density at radius 3 is 2.94 bits per heavy atom. The standard InChI is InChI=1S/C11H9Cl2N3S/c1-7-6-17-11(15-7)16-14-5-8-4-9(12)2-3-10(8)13/h2-6H,1H3,(H,15,16)/b14-5+. The van der Waals surface area contributed by atoms with Crippen LogP contribution in [0.3, 0.4) is 0 Å². The molecule has 88 valence electrons. The average molecular weight is 286 g/mol. The van der Waals surface area contributed by atoms with E-state index in [-0.39, 0.29) is 0 Å². The number of nitrogens with zero attached hydrogens (tertiary/aromatic N) is 2. The highest BCUT2D eigenvalue weighted by atomic mass is 35.5. The van der Waals surface area contributed by atoms with Gasteiger partial charge in [-0.2, -0.15) is 5.10 Å². The first-order chi connectivity index (χ1) is 8.15. The fourth-order valence-corrected chi connectivity index (χ4v) is 2.16. The van der Waals surface area contributed by atoms with E-state index in [2.05, 4.69) is 15.5 Å². The van der Waals surface area contributed by atoms with E-state index in [1.807, 2.05) is 12.3 Å². The maximum atomic E-state index is 5.99. The van der Waals surface area contributed by atoms with E-state index in [4.69, 9.17) is 23.2 Å². The predicted molar refractivity (Wildman–Crippen MR) is 74.5 cm³/mol. The van der Waals surface area contributed by atoms with Crippen LogP contribution >= 0.6 is 34.5 Å². The summed E-state index contributed by atoms with van der Waals surface area (Å²) >= 11 is 13.4. The van der Waals surface area contributed by atoms with Crippen LogP contribution in [0.15, 0.2) is 28.7 Å². The van der Waals surface area contributed by atoms with E-state index in [1.165, 1.54) is 11.3 Å². The molecule has 0 bridgehead atoms. The zero-order chi connectivity index (χ0) is 12.3. The van der Waals surface area contributed by atoms with Crippen LogP contribution in [0.25, 0.3) is 0 Å². The molecule has 2 rings (SSSR count). The first kappa shape index (κ1) is 12.4. The lowest BCUT2D eigenvalue weighted by molar-refractivity contribution is 1.22. The highest BCUT2D eigenvalue weighted by Gasteiger charge is 1.98. The van der Waals surface area contributed by atoms with Crippen LogP contribution < -0.4 is 5.43 Å². The Morgan fingerprint density at radius 2 is 2.24 bits per heavy atom. The van der Waals surface area contributed by atoms with Crippen LogP contribution in [-0.4, -0.2) is 11.2 Å². The van der Waals surface area contributed by atoms with Gasteiger partial charge in [-0.05, 0) is 25.1 Å². The fourth-order valence-electron chi connectivity index (χ4n) is 1.18. The Morgan fingerprint density at radius 1 is 1.41 bits per heavy atom. The Bertz CT molecular complexity index is 551. The summed E-state index contributed by atoms with van der Waals surface area (Å²) in [5.74, 6) is 0. The van der Waals surface area contributed by atoms with Crippen LogP contribution in [-0.2, 0) is 0 Å². The number of benzene rings is 1. The molecule has 2 aromatic rings. The molecule has 0 atom stereocenters. The second-order valence-corrected chi connectivity index (χ2v) is 5.03. The molecule has 1 aromatic heterocycles. The summed E-state index contributed by atoms with van der Waals surface area (Å²) in [6.07, 6.45) is 1.62. The van der Waals surface area contributed by atoms with Gasteiger partial charge in [-0.3, -0.25) is 5.43 Å². The number of hydrogen-bond donors (Lipinski definition) is 1. The molecule has 17 heavy (non-hydrogen) atoms. The minimum atomic E-state index is 0.607. The largest absolute Gasteiger partial charge is 0.253 e. The highest BCUT2D eigenvalue weighted by Crippen LogP contribution is 2.19. The summed E-state index contributed by atoms with van der Waals surface area (Å²) in [5.41, 5.74) is 4.57. The summed E-state index contributed by atoms with van der Waals surface area (Å²) in [6, 6.07) is 5.22. The molecule has 0 saturated carbocycles. The second kappa shape index (κ2) is 5.49. The summed E-state index contributed by atoms with van der Waals surface area (Å²) < 4.78 is 0. The lowest BCUT2D eigenvalue weighted by atomic mass is 10.2. The van der Waals surface area contributed by atoms with Crippen molar-refractivity contribution in [2.24, 2.45) is 5.10 Å². The smallest absolute Gasteiger partial charge is 0.203 e. The number of nitrogens with one attached hydrogen (secondary N) is 1. The minimum absolute atomic E-state index is 0.607. The molecule has 1 heterocycles. The van der Waals surface area contributed by atoms with Crippen LogP contribution in [0.2, 0.25) is 10.0 Å². The van der Waals surface area contributed by atoms with Gasteiger partial charge in [-0.25, -0.2) is 4.98 Å². The van der Waals surface area contributed by atoms with Gasteiger partial charge in [0, 0.05) is 21.0 Å². The summed E-state index contributed by atoms with van der Waals surface area (Å²) in [4.78, 5) is 4.22. The van der Waals surface area contributed by atoms with E-state index in [1.54, 1.807) is 24.4 Å². The maximum absolute atomic E-state index is 5.99. The summed E-state index contributed by atoms with van der Waals surface area (Å²) in [6.45, 7) is 1.93. The van der Waals surface area contributed by atoms with Gasteiger partial charge in [0.25, 0.3) is 0 Å². The van der Waals surface area contributed by atoms with Crippen LogP contribution in [0, 0.1) is 6.92 Å². The van der Waals surface area contributed by atoms with Crippen molar-refractivity contribution in [1.29, 1.82) is 0 Å². The highest BCUT2D eigenvalue weighted by molar-refractivity contribution is 7.13. The molecule has 0 saturated heterocycles. The van der Waals surface area contributed by atoms with Gasteiger partial charge in [-0.1, -0.05) is 23.2 Å². The maximum Gasteiger partial charge on any atom is 0.203 e. The van der Waals surface area contributed by atoms with Crippen LogP contribution in [0.4, 0.5) is 5.13 Å². The number of hydrazone groups is 1. The van der Waals surface area contributed by atoms with Gasteiger partial charge >= 0.3 is 0 Å². The Hall–Kier alpha value is -1.10. The quantitative estimate of drug-likeness (QED) is 0.678. The monoisotopic (exact) mass is 285 g/mol. The molecular formula is C11H9Cl2N3S. The van der Waals surface area contributed by atoms with Crippen molar-refractivity contribution >= 4 is 45.9 Å². The number of aromatic nitrogens is 1. The molecule has 0 radical (unpaired) electrons. The molecule has 6 heteroatoms. The summed E-state index contributed by atoms with van der Waals surface area (Å²) in [7, 11) is 0. The lowest BCUT2D eigenvalue weighted by Gasteiger charge is -1.98.